The predicted octanol–water partition coefficient (Wildman–Crippen LogP) is 5.36. The van der Waals surface area contributed by atoms with Gasteiger partial charge in [-0.3, -0.25) is 9.69 Å². The molecular weight excluding hydrogens is 508 g/mol. The van der Waals surface area contributed by atoms with Crippen molar-refractivity contribution in [3.05, 3.63) is 41.7 Å². The minimum Gasteiger partial charge on any atom is -0.465 e. The molecule has 1 unspecified atom stereocenters. The molecule has 218 valence electrons. The smallest absolute Gasteiger partial charge is 0.326 e. The zero-order valence-corrected chi connectivity index (χ0v) is 24.5. The molecule has 2 aromatic heterocycles. The largest absolute Gasteiger partial charge is 0.465 e. The van der Waals surface area contributed by atoms with E-state index in [1.807, 2.05) is 20.8 Å². The maximum absolute atomic E-state index is 12.3. The van der Waals surface area contributed by atoms with Crippen molar-refractivity contribution in [2.75, 3.05) is 23.4 Å². The molecule has 0 spiro atoms. The fourth-order valence-corrected chi connectivity index (χ4v) is 5.04. The number of nitrogens with one attached hydrogen (secondary N) is 1. The monoisotopic (exact) mass is 552 g/mol. The van der Waals surface area contributed by atoms with E-state index in [0.29, 0.717) is 42.6 Å². The molecule has 3 aromatic rings. The quantitative estimate of drug-likeness (QED) is 0.226. The molecule has 1 atom stereocenters. The lowest BCUT2D eigenvalue weighted by Gasteiger charge is -2.33. The van der Waals surface area contributed by atoms with Crippen LogP contribution in [-0.2, 0) is 27.4 Å². The average molecular weight is 553 g/mol. The third-order valence-electron chi connectivity index (χ3n) is 6.99. The van der Waals surface area contributed by atoms with E-state index in [9.17, 15) is 9.90 Å². The molecule has 0 saturated heterocycles. The number of hydrogen-bond donors (Lipinski definition) is 2. The molecule has 2 N–H and O–H groups in total. The highest BCUT2D eigenvalue weighted by molar-refractivity contribution is 5.85. The van der Waals surface area contributed by atoms with Crippen molar-refractivity contribution < 1.29 is 19.4 Å². The number of hydrogen-bond acceptors (Lipinski definition) is 9. The summed E-state index contributed by atoms with van der Waals surface area (Å²) in [5.41, 5.74) is 2.78. The number of carbonyl (C=O) groups is 1. The van der Waals surface area contributed by atoms with Crippen LogP contribution < -0.4 is 10.2 Å². The number of esters is 1. The topological polar surface area (TPSA) is 115 Å². The first-order valence-corrected chi connectivity index (χ1v) is 14.5. The van der Waals surface area contributed by atoms with Crippen LogP contribution in [0.4, 0.5) is 11.8 Å². The van der Waals surface area contributed by atoms with Crippen molar-refractivity contribution in [2.45, 2.75) is 104 Å². The summed E-state index contributed by atoms with van der Waals surface area (Å²) in [7, 11) is 0. The molecule has 0 radical (unpaired) electrons. The summed E-state index contributed by atoms with van der Waals surface area (Å²) < 4.78 is 12.8. The highest BCUT2D eigenvalue weighted by Crippen LogP contribution is 2.33. The number of aliphatic hydroxyl groups is 1. The number of benzene rings is 1. The summed E-state index contributed by atoms with van der Waals surface area (Å²) in [6.45, 7) is 10.8. The molecule has 1 saturated carbocycles. The molecule has 40 heavy (non-hydrogen) atoms. The second-order valence-electron chi connectivity index (χ2n) is 11.4. The lowest BCUT2D eigenvalue weighted by molar-refractivity contribution is -0.166. The van der Waals surface area contributed by atoms with Gasteiger partial charge in [-0.1, -0.05) is 50.5 Å². The van der Waals surface area contributed by atoms with E-state index < -0.39 is 12.0 Å². The number of aromatic nitrogens is 4. The van der Waals surface area contributed by atoms with Crippen molar-refractivity contribution in [3.63, 3.8) is 0 Å². The summed E-state index contributed by atoms with van der Waals surface area (Å²) in [6.07, 6.45) is 7.53. The fraction of sp³-hybridized carbons (Fsp3) is 0.600. The Morgan fingerprint density at radius 3 is 2.52 bits per heavy atom. The Labute approximate surface area is 237 Å². The van der Waals surface area contributed by atoms with E-state index in [1.165, 1.54) is 37.7 Å². The van der Waals surface area contributed by atoms with Gasteiger partial charge in [0.05, 0.1) is 25.1 Å². The third kappa shape index (κ3) is 7.69. The Hall–Kier alpha value is -3.24. The van der Waals surface area contributed by atoms with Gasteiger partial charge in [0.25, 0.3) is 0 Å². The molecule has 1 aliphatic rings. The van der Waals surface area contributed by atoms with E-state index in [4.69, 9.17) is 19.4 Å². The van der Waals surface area contributed by atoms with Crippen molar-refractivity contribution >= 4 is 28.9 Å². The molecule has 4 rings (SSSR count). The molecule has 1 aliphatic carbocycles. The summed E-state index contributed by atoms with van der Waals surface area (Å²) in [5, 5.41) is 14.6. The van der Waals surface area contributed by atoms with Crippen molar-refractivity contribution in [3.8, 4) is 0 Å². The first kappa shape index (κ1) is 29.7. The molecule has 0 amide bonds. The first-order chi connectivity index (χ1) is 19.2. The standard InChI is InChI=1S/C30H44N6O4/c1-6-17-31-26-25-27(35(20-32-25)19-24(37)39-7-2)34-28(33-26)36(29(38)40-30(3,4)5)18-21-13-15-23(16-14-21)22-11-9-8-10-12-22/h13-16,20,22,29,38H,6-12,17-19H2,1-5H3,(H,31,33,34). The Kier molecular flexibility index (Phi) is 9.97. The van der Waals surface area contributed by atoms with E-state index in [0.717, 1.165) is 12.0 Å². The van der Waals surface area contributed by atoms with Gasteiger partial charge in [0.15, 0.2) is 17.0 Å². The first-order valence-electron chi connectivity index (χ1n) is 14.5. The molecule has 1 aromatic carbocycles. The molecule has 10 heteroatoms. The predicted molar refractivity (Wildman–Crippen MR) is 156 cm³/mol. The fourth-order valence-electron chi connectivity index (χ4n) is 5.04. The van der Waals surface area contributed by atoms with Crippen LogP contribution in [0.1, 0.15) is 90.2 Å². The maximum Gasteiger partial charge on any atom is 0.326 e. The molecule has 0 bridgehead atoms. The molecule has 0 aliphatic heterocycles. The Morgan fingerprint density at radius 2 is 1.88 bits per heavy atom. The van der Waals surface area contributed by atoms with E-state index >= 15 is 0 Å². The number of aliphatic hydroxyl groups excluding tert-OH is 1. The average Bonchev–Trinajstić information content (AvgIpc) is 3.32. The number of rotatable bonds is 12. The normalized spacial score (nSPS) is 15.2. The van der Waals surface area contributed by atoms with Gasteiger partial charge < -0.3 is 24.5 Å². The minimum absolute atomic E-state index is 0.0301. The van der Waals surface area contributed by atoms with Crippen LogP contribution in [-0.4, -0.2) is 55.8 Å². The molecule has 10 nitrogen and oxygen atoms in total. The van der Waals surface area contributed by atoms with Gasteiger partial charge in [0, 0.05) is 6.54 Å². The van der Waals surface area contributed by atoms with Gasteiger partial charge in [-0.05, 0) is 64.0 Å². The van der Waals surface area contributed by atoms with Crippen LogP contribution >= 0.6 is 0 Å². The van der Waals surface area contributed by atoms with E-state index in [2.05, 4.69) is 41.5 Å². The number of ether oxygens (including phenoxy) is 2. The SMILES string of the molecule is CCCNc1nc(N(Cc2ccc(C3CCCCC3)cc2)C(O)OC(C)(C)C)nc2c1ncn2CC(=O)OCC. The van der Waals surface area contributed by atoms with E-state index in [1.54, 1.807) is 22.7 Å². The third-order valence-corrected chi connectivity index (χ3v) is 6.99. The minimum atomic E-state index is -1.31. The van der Waals surface area contributed by atoms with E-state index in [-0.39, 0.29) is 18.5 Å². The Morgan fingerprint density at radius 1 is 1.15 bits per heavy atom. The van der Waals surface area contributed by atoms with Crippen LogP contribution in [0.3, 0.4) is 0 Å². The zero-order valence-electron chi connectivity index (χ0n) is 24.5. The lowest BCUT2D eigenvalue weighted by atomic mass is 9.84. The van der Waals surface area contributed by atoms with Gasteiger partial charge in [0.1, 0.15) is 6.54 Å². The molecule has 1 fully saturated rings. The van der Waals surface area contributed by atoms with Gasteiger partial charge in [-0.2, -0.15) is 9.97 Å². The van der Waals surface area contributed by atoms with Crippen molar-refractivity contribution in [2.24, 2.45) is 0 Å². The Bertz CT molecular complexity index is 1250. The summed E-state index contributed by atoms with van der Waals surface area (Å²) in [5.74, 6) is 1.04. The van der Waals surface area contributed by atoms with Crippen LogP contribution in [0.15, 0.2) is 30.6 Å². The number of carbonyl (C=O) groups excluding carboxylic acids is 1. The highest BCUT2D eigenvalue weighted by atomic mass is 16.6. The second kappa shape index (κ2) is 13.4. The zero-order chi connectivity index (χ0) is 28.7. The summed E-state index contributed by atoms with van der Waals surface area (Å²) in [6, 6.07) is 8.63. The van der Waals surface area contributed by atoms with Gasteiger partial charge in [-0.25, -0.2) is 4.98 Å². The summed E-state index contributed by atoms with van der Waals surface area (Å²) in [4.78, 5) is 28.0. The lowest BCUT2D eigenvalue weighted by Crippen LogP contribution is -2.42. The van der Waals surface area contributed by atoms with Crippen LogP contribution in [0, 0.1) is 0 Å². The van der Waals surface area contributed by atoms with Gasteiger partial charge >= 0.3 is 5.97 Å². The maximum atomic E-state index is 12.3. The number of anilines is 2. The highest BCUT2D eigenvalue weighted by Gasteiger charge is 2.27. The molecule has 2 heterocycles. The van der Waals surface area contributed by atoms with Gasteiger partial charge in [0.2, 0.25) is 12.4 Å². The van der Waals surface area contributed by atoms with Crippen LogP contribution in [0.5, 0.6) is 0 Å². The number of imidazole rings is 1. The number of nitrogens with zero attached hydrogens (tertiary/aromatic N) is 5. The van der Waals surface area contributed by atoms with Crippen molar-refractivity contribution in [1.82, 2.24) is 19.5 Å². The second-order valence-corrected chi connectivity index (χ2v) is 11.4. The van der Waals surface area contributed by atoms with Crippen molar-refractivity contribution in [1.29, 1.82) is 0 Å². The van der Waals surface area contributed by atoms with Crippen LogP contribution in [0.25, 0.3) is 11.2 Å². The van der Waals surface area contributed by atoms with Crippen LogP contribution in [0.2, 0.25) is 0 Å². The Balaban J connectivity index is 1.71. The molecular formula is C30H44N6O4. The number of fused-ring (bicyclic) bond motifs is 1. The summed E-state index contributed by atoms with van der Waals surface area (Å²) >= 11 is 0. The van der Waals surface area contributed by atoms with Gasteiger partial charge in [-0.15, -0.1) is 0 Å².